The zero-order valence-corrected chi connectivity index (χ0v) is 28.9. The van der Waals surface area contributed by atoms with Crippen molar-refractivity contribution in [2.45, 2.75) is 84.5 Å². The van der Waals surface area contributed by atoms with E-state index in [0.717, 1.165) is 83.8 Å². The lowest BCUT2D eigenvalue weighted by Crippen LogP contribution is -2.35. The predicted octanol–water partition coefficient (Wildman–Crippen LogP) is 8.21. The second-order valence-electron chi connectivity index (χ2n) is 13.7. The molecule has 4 aromatic rings. The van der Waals surface area contributed by atoms with Crippen LogP contribution in [0.2, 0.25) is 0 Å². The number of ether oxygens (including phenoxy) is 3. The minimum absolute atomic E-state index is 0.401. The summed E-state index contributed by atoms with van der Waals surface area (Å²) >= 11 is 0. The van der Waals surface area contributed by atoms with Gasteiger partial charge in [0.2, 0.25) is 0 Å². The Hall–Kier alpha value is -4.40. The average Bonchev–Trinajstić information content (AvgIpc) is 3.65. The molecule has 8 nitrogen and oxygen atoms in total. The summed E-state index contributed by atoms with van der Waals surface area (Å²) in [4.78, 5) is 20.1. The van der Waals surface area contributed by atoms with E-state index in [2.05, 4.69) is 89.3 Å². The number of allylic oxidation sites excluding steroid dienone is 2. The highest BCUT2D eigenvalue weighted by Crippen LogP contribution is 2.33. The molecule has 2 aliphatic rings. The molecule has 0 spiro atoms. The van der Waals surface area contributed by atoms with Crippen molar-refractivity contribution < 1.29 is 19.0 Å². The number of carbonyl (C=O) groups excluding carboxylic acids is 1. The third-order valence-electron chi connectivity index (χ3n) is 8.87. The molecule has 3 aromatic carbocycles. The van der Waals surface area contributed by atoms with Crippen LogP contribution in [0.25, 0.3) is 22.2 Å². The maximum absolute atomic E-state index is 12.4. The van der Waals surface area contributed by atoms with E-state index >= 15 is 0 Å². The van der Waals surface area contributed by atoms with E-state index in [-0.39, 0.29) is 0 Å². The molecule has 0 bridgehead atoms. The Morgan fingerprint density at radius 3 is 2.56 bits per heavy atom. The molecule has 1 aliphatic carbocycles. The summed E-state index contributed by atoms with van der Waals surface area (Å²) in [6.07, 6.45) is 12.1. The van der Waals surface area contributed by atoms with Crippen LogP contribution in [0.3, 0.4) is 0 Å². The van der Waals surface area contributed by atoms with Crippen LogP contribution in [0.15, 0.2) is 85.0 Å². The molecule has 48 heavy (non-hydrogen) atoms. The topological polar surface area (TPSA) is 77.9 Å². The van der Waals surface area contributed by atoms with Crippen LogP contribution in [-0.4, -0.2) is 58.1 Å². The molecule has 1 saturated heterocycles. The molecule has 8 heteroatoms. The van der Waals surface area contributed by atoms with Gasteiger partial charge in [-0.2, -0.15) is 0 Å². The fourth-order valence-electron chi connectivity index (χ4n) is 6.46. The van der Waals surface area contributed by atoms with Crippen LogP contribution in [0.5, 0.6) is 11.5 Å². The van der Waals surface area contributed by atoms with Crippen molar-refractivity contribution in [3.63, 3.8) is 0 Å². The maximum Gasteiger partial charge on any atom is 0.514 e. The summed E-state index contributed by atoms with van der Waals surface area (Å²) in [5.74, 6) is 2.43. The molecule has 6 rings (SSSR count). The van der Waals surface area contributed by atoms with Gasteiger partial charge in [-0.15, -0.1) is 0 Å². The van der Waals surface area contributed by atoms with E-state index in [4.69, 9.17) is 19.2 Å². The highest BCUT2D eigenvalue weighted by Gasteiger charge is 2.30. The molecule has 0 saturated carbocycles. The van der Waals surface area contributed by atoms with Gasteiger partial charge in [0.05, 0.1) is 12.1 Å². The summed E-state index contributed by atoms with van der Waals surface area (Å²) in [5, 5.41) is 3.59. The summed E-state index contributed by atoms with van der Waals surface area (Å²) in [5.41, 5.74) is 5.52. The molecule has 2 atom stereocenters. The number of unbranched alkanes of at least 4 members (excludes halogenated alkanes) is 1. The molecule has 2 unspecified atom stereocenters. The van der Waals surface area contributed by atoms with Gasteiger partial charge in [0, 0.05) is 43.8 Å². The Bertz CT molecular complexity index is 1780. The van der Waals surface area contributed by atoms with Crippen molar-refractivity contribution in [3.8, 4) is 22.6 Å². The maximum atomic E-state index is 12.4. The van der Waals surface area contributed by atoms with Crippen molar-refractivity contribution in [1.29, 1.82) is 0 Å². The monoisotopic (exact) mass is 648 g/mol. The fraction of sp³-hybridized carbons (Fsp3) is 0.400. The number of hydrogen-bond donors (Lipinski definition) is 1. The zero-order valence-electron chi connectivity index (χ0n) is 28.9. The van der Waals surface area contributed by atoms with Crippen LogP contribution >= 0.6 is 0 Å². The number of benzene rings is 3. The fourth-order valence-corrected chi connectivity index (χ4v) is 6.46. The van der Waals surface area contributed by atoms with E-state index in [1.54, 1.807) is 6.07 Å². The van der Waals surface area contributed by atoms with Crippen LogP contribution in [0, 0.1) is 6.92 Å². The first-order chi connectivity index (χ1) is 23.2. The number of hydrogen-bond acceptors (Lipinski definition) is 7. The lowest BCUT2D eigenvalue weighted by Gasteiger charge is -2.24. The highest BCUT2D eigenvalue weighted by atomic mass is 16.7. The van der Waals surface area contributed by atoms with Gasteiger partial charge in [0.25, 0.3) is 0 Å². The van der Waals surface area contributed by atoms with Crippen molar-refractivity contribution in [2.24, 2.45) is 0 Å². The first-order valence-electron chi connectivity index (χ1n) is 17.2. The van der Waals surface area contributed by atoms with Gasteiger partial charge in [0.15, 0.2) is 0 Å². The van der Waals surface area contributed by atoms with Gasteiger partial charge in [-0.25, -0.2) is 9.78 Å². The molecule has 252 valence electrons. The molecule has 1 fully saturated rings. The lowest BCUT2D eigenvalue weighted by atomic mass is 10.0. The van der Waals surface area contributed by atoms with Crippen LogP contribution in [-0.2, 0) is 17.7 Å². The molecular formula is C40H48N4O4. The Morgan fingerprint density at radius 1 is 0.979 bits per heavy atom. The molecule has 0 radical (unpaired) electrons. The van der Waals surface area contributed by atoms with Crippen molar-refractivity contribution >= 4 is 17.2 Å². The number of nitrogens with zero attached hydrogens (tertiary/aromatic N) is 3. The molecule has 2 heterocycles. The lowest BCUT2D eigenvalue weighted by molar-refractivity contribution is 0.0207. The molecular weight excluding hydrogens is 600 g/mol. The van der Waals surface area contributed by atoms with Crippen LogP contribution in [0.4, 0.5) is 4.79 Å². The van der Waals surface area contributed by atoms with Gasteiger partial charge < -0.3 is 18.8 Å². The van der Waals surface area contributed by atoms with E-state index in [1.807, 2.05) is 39.0 Å². The highest BCUT2D eigenvalue weighted by molar-refractivity contribution is 5.86. The minimum Gasteiger partial charge on any atom is -0.491 e. The third-order valence-corrected chi connectivity index (χ3v) is 8.87. The molecule has 1 aromatic heterocycles. The normalized spacial score (nSPS) is 17.5. The Labute approximate surface area is 284 Å². The number of para-hydroxylation sites is 1. The standard InChI is InChI=1S/C40H48N4O4/c1-6-7-17-36-42-37-28(2)18-23-35(46-25-12-24-43-27-41-32-14-9-10-15-33(32)43)38(37)44(36)26-29-19-21-30(22-20-29)31-13-8-11-16-34(31)47-39(45)48-40(3,4)5/h8-11,13-16,18-23,32-33,41H,6-7,12,17,24-27H2,1-5H3. The molecule has 0 amide bonds. The summed E-state index contributed by atoms with van der Waals surface area (Å²) in [7, 11) is 0. The van der Waals surface area contributed by atoms with Crippen molar-refractivity contribution in [2.75, 3.05) is 19.8 Å². The zero-order chi connectivity index (χ0) is 33.7. The largest absolute Gasteiger partial charge is 0.514 e. The Kier molecular flexibility index (Phi) is 10.3. The van der Waals surface area contributed by atoms with E-state index in [0.29, 0.717) is 31.0 Å². The SMILES string of the molecule is CCCCc1nc2c(C)ccc(OCCCN3CNC4C=CC=CC43)c2n1Cc1ccc(-c2ccccc2OC(=O)OC(C)(C)C)cc1. The van der Waals surface area contributed by atoms with Crippen LogP contribution < -0.4 is 14.8 Å². The number of imidazole rings is 1. The van der Waals surface area contributed by atoms with E-state index in [9.17, 15) is 4.79 Å². The number of carbonyl (C=O) groups is 1. The summed E-state index contributed by atoms with van der Waals surface area (Å²) in [6.45, 7) is 13.0. The van der Waals surface area contributed by atoms with Crippen LogP contribution in [0.1, 0.15) is 63.9 Å². The first kappa shape index (κ1) is 33.5. The van der Waals surface area contributed by atoms with Crippen molar-refractivity contribution in [3.05, 3.63) is 102 Å². The number of rotatable bonds is 12. The minimum atomic E-state index is -0.716. The van der Waals surface area contributed by atoms with Gasteiger partial charge in [-0.1, -0.05) is 86.2 Å². The second-order valence-corrected chi connectivity index (χ2v) is 13.7. The van der Waals surface area contributed by atoms with Crippen molar-refractivity contribution in [1.82, 2.24) is 19.8 Å². The van der Waals surface area contributed by atoms with Gasteiger partial charge in [0.1, 0.15) is 28.4 Å². The first-order valence-corrected chi connectivity index (χ1v) is 17.2. The average molecular weight is 649 g/mol. The quantitative estimate of drug-likeness (QED) is 0.0943. The van der Waals surface area contributed by atoms with Gasteiger partial charge in [-0.3, -0.25) is 10.2 Å². The number of aryl methyl sites for hydroxylation is 2. The molecule has 1 N–H and O–H groups in total. The Balaban J connectivity index is 1.20. The summed E-state index contributed by atoms with van der Waals surface area (Å²) in [6, 6.07) is 21.0. The number of fused-ring (bicyclic) bond motifs is 2. The second kappa shape index (κ2) is 14.8. The molecule has 1 aliphatic heterocycles. The smallest absolute Gasteiger partial charge is 0.491 e. The van der Waals surface area contributed by atoms with E-state index in [1.165, 1.54) is 0 Å². The predicted molar refractivity (Wildman–Crippen MR) is 192 cm³/mol. The van der Waals surface area contributed by atoms with E-state index < -0.39 is 11.8 Å². The third kappa shape index (κ3) is 7.83. The number of aromatic nitrogens is 2. The van der Waals surface area contributed by atoms with Gasteiger partial charge in [-0.05, 0) is 69.4 Å². The Morgan fingerprint density at radius 2 is 1.77 bits per heavy atom. The summed E-state index contributed by atoms with van der Waals surface area (Å²) < 4.78 is 19.9. The van der Waals surface area contributed by atoms with Gasteiger partial charge >= 0.3 is 6.16 Å². The number of nitrogens with one attached hydrogen (secondary N) is 1.